The van der Waals surface area contributed by atoms with Crippen LogP contribution in [-0.4, -0.2) is 29.4 Å². The van der Waals surface area contributed by atoms with Crippen LogP contribution in [0, 0.1) is 0 Å². The molecule has 5 nitrogen and oxygen atoms in total. The van der Waals surface area contributed by atoms with E-state index in [4.69, 9.17) is 4.74 Å². The fourth-order valence-corrected chi connectivity index (χ4v) is 1.80. The zero-order valence-corrected chi connectivity index (χ0v) is 11.1. The number of amides is 1. The Hall–Kier alpha value is -2.14. The highest BCUT2D eigenvalue weighted by atomic mass is 16.5. The van der Waals surface area contributed by atoms with Gasteiger partial charge in [-0.25, -0.2) is 0 Å². The zero-order valence-electron chi connectivity index (χ0n) is 11.1. The largest absolute Gasteiger partial charge is 0.383 e. The van der Waals surface area contributed by atoms with Crippen molar-refractivity contribution >= 4 is 11.6 Å². The van der Waals surface area contributed by atoms with Crippen LogP contribution in [0.25, 0.3) is 11.1 Å². The number of hydrogen-bond acceptors (Lipinski definition) is 3. The number of nitrogens with zero attached hydrogens (tertiary/aromatic N) is 2. The van der Waals surface area contributed by atoms with Gasteiger partial charge in [0.05, 0.1) is 19.3 Å². The van der Waals surface area contributed by atoms with Gasteiger partial charge in [-0.3, -0.25) is 9.48 Å². The van der Waals surface area contributed by atoms with Crippen molar-refractivity contribution in [2.45, 2.75) is 13.5 Å². The first-order valence-corrected chi connectivity index (χ1v) is 6.08. The standard InChI is InChI=1S/C14H17N3O2/c1-11(18)16-14-5-3-4-12(8-14)13-9-15-17(10-13)6-7-19-2/h3-5,8-10H,6-7H2,1-2H3,(H,16,18). The number of hydrogen-bond donors (Lipinski definition) is 1. The molecular weight excluding hydrogens is 242 g/mol. The molecule has 5 heteroatoms. The van der Waals surface area contributed by atoms with Gasteiger partial charge in [-0.15, -0.1) is 0 Å². The minimum atomic E-state index is -0.0760. The van der Waals surface area contributed by atoms with Crippen LogP contribution in [0.4, 0.5) is 5.69 Å². The van der Waals surface area contributed by atoms with Crippen LogP contribution in [0.3, 0.4) is 0 Å². The SMILES string of the molecule is COCCn1cc(-c2cccc(NC(C)=O)c2)cn1. The molecule has 0 saturated heterocycles. The molecule has 1 N–H and O–H groups in total. The summed E-state index contributed by atoms with van der Waals surface area (Å²) in [5.41, 5.74) is 2.83. The Morgan fingerprint density at radius 2 is 2.26 bits per heavy atom. The first-order valence-electron chi connectivity index (χ1n) is 6.08. The summed E-state index contributed by atoms with van der Waals surface area (Å²) in [6.45, 7) is 2.85. The average molecular weight is 259 g/mol. The van der Waals surface area contributed by atoms with Crippen molar-refractivity contribution in [3.8, 4) is 11.1 Å². The molecule has 0 saturated carbocycles. The second-order valence-corrected chi connectivity index (χ2v) is 4.25. The number of ether oxygens (including phenoxy) is 1. The summed E-state index contributed by atoms with van der Waals surface area (Å²) in [6.07, 6.45) is 3.77. The van der Waals surface area contributed by atoms with E-state index in [1.165, 1.54) is 6.92 Å². The topological polar surface area (TPSA) is 56.1 Å². The molecule has 1 amide bonds. The Balaban J connectivity index is 2.16. The van der Waals surface area contributed by atoms with E-state index in [0.717, 1.165) is 23.4 Å². The van der Waals surface area contributed by atoms with E-state index in [1.54, 1.807) is 7.11 Å². The molecule has 0 fully saturated rings. The summed E-state index contributed by atoms with van der Waals surface area (Å²) in [6, 6.07) is 7.69. The lowest BCUT2D eigenvalue weighted by Gasteiger charge is -2.04. The summed E-state index contributed by atoms with van der Waals surface area (Å²) in [7, 11) is 1.67. The third-order valence-corrected chi connectivity index (χ3v) is 2.67. The molecule has 0 aliphatic rings. The number of benzene rings is 1. The number of carbonyl (C=O) groups excluding carboxylic acids is 1. The molecule has 2 aromatic rings. The summed E-state index contributed by atoms with van der Waals surface area (Å²) in [4.78, 5) is 11.0. The van der Waals surface area contributed by atoms with Crippen molar-refractivity contribution in [2.24, 2.45) is 0 Å². The molecule has 0 aliphatic heterocycles. The molecule has 2 rings (SSSR count). The van der Waals surface area contributed by atoms with Crippen LogP contribution in [0.5, 0.6) is 0 Å². The Morgan fingerprint density at radius 1 is 1.42 bits per heavy atom. The molecule has 0 atom stereocenters. The fourth-order valence-electron chi connectivity index (χ4n) is 1.80. The van der Waals surface area contributed by atoms with Gasteiger partial charge in [0.15, 0.2) is 0 Å². The highest BCUT2D eigenvalue weighted by Crippen LogP contribution is 2.22. The smallest absolute Gasteiger partial charge is 0.221 e. The van der Waals surface area contributed by atoms with E-state index in [9.17, 15) is 4.79 Å². The predicted molar refractivity (Wildman–Crippen MR) is 73.8 cm³/mol. The van der Waals surface area contributed by atoms with E-state index >= 15 is 0 Å². The summed E-state index contributed by atoms with van der Waals surface area (Å²) < 4.78 is 6.85. The second kappa shape index (κ2) is 6.15. The lowest BCUT2D eigenvalue weighted by atomic mass is 10.1. The van der Waals surface area contributed by atoms with Gasteiger partial charge < -0.3 is 10.1 Å². The van der Waals surface area contributed by atoms with Crippen LogP contribution in [0.1, 0.15) is 6.92 Å². The molecular formula is C14H17N3O2. The van der Waals surface area contributed by atoms with Gasteiger partial charge in [0, 0.05) is 31.5 Å². The molecule has 19 heavy (non-hydrogen) atoms. The fraction of sp³-hybridized carbons (Fsp3) is 0.286. The molecule has 0 radical (unpaired) electrons. The van der Waals surface area contributed by atoms with Crippen molar-refractivity contribution in [3.05, 3.63) is 36.7 Å². The van der Waals surface area contributed by atoms with Crippen LogP contribution >= 0.6 is 0 Å². The van der Waals surface area contributed by atoms with Crippen LogP contribution in [-0.2, 0) is 16.1 Å². The summed E-state index contributed by atoms with van der Waals surface area (Å²) in [5.74, 6) is -0.0760. The molecule has 1 heterocycles. The third kappa shape index (κ3) is 3.66. The molecule has 0 aliphatic carbocycles. The highest BCUT2D eigenvalue weighted by Gasteiger charge is 2.03. The maximum atomic E-state index is 11.0. The van der Waals surface area contributed by atoms with Gasteiger partial charge in [-0.05, 0) is 17.7 Å². The van der Waals surface area contributed by atoms with Crippen molar-refractivity contribution in [2.75, 3.05) is 19.0 Å². The lowest BCUT2D eigenvalue weighted by Crippen LogP contribution is -2.05. The number of aromatic nitrogens is 2. The van der Waals surface area contributed by atoms with E-state index < -0.39 is 0 Å². The van der Waals surface area contributed by atoms with Gasteiger partial charge in [0.25, 0.3) is 0 Å². The normalized spacial score (nSPS) is 10.4. The number of nitrogens with one attached hydrogen (secondary N) is 1. The predicted octanol–water partition coefficient (Wildman–Crippen LogP) is 2.15. The molecule has 1 aromatic carbocycles. The second-order valence-electron chi connectivity index (χ2n) is 4.25. The number of carbonyl (C=O) groups is 1. The van der Waals surface area contributed by atoms with Gasteiger partial charge in [-0.1, -0.05) is 12.1 Å². The monoisotopic (exact) mass is 259 g/mol. The van der Waals surface area contributed by atoms with Crippen molar-refractivity contribution in [1.29, 1.82) is 0 Å². The minimum absolute atomic E-state index is 0.0760. The average Bonchev–Trinajstić information content (AvgIpc) is 2.84. The third-order valence-electron chi connectivity index (χ3n) is 2.67. The first-order chi connectivity index (χ1) is 9.19. The summed E-state index contributed by atoms with van der Waals surface area (Å²) >= 11 is 0. The Labute approximate surface area is 112 Å². The maximum Gasteiger partial charge on any atom is 0.221 e. The van der Waals surface area contributed by atoms with Crippen molar-refractivity contribution in [1.82, 2.24) is 9.78 Å². The van der Waals surface area contributed by atoms with Gasteiger partial charge in [-0.2, -0.15) is 5.10 Å². The van der Waals surface area contributed by atoms with Gasteiger partial charge >= 0.3 is 0 Å². The Bertz CT molecular complexity index is 563. The van der Waals surface area contributed by atoms with Crippen LogP contribution in [0.2, 0.25) is 0 Å². The molecule has 1 aromatic heterocycles. The van der Waals surface area contributed by atoms with Gasteiger partial charge in [0.1, 0.15) is 0 Å². The first kappa shape index (κ1) is 13.3. The van der Waals surface area contributed by atoms with Crippen molar-refractivity contribution in [3.63, 3.8) is 0 Å². The van der Waals surface area contributed by atoms with E-state index in [1.807, 2.05) is 41.3 Å². The molecule has 0 unspecified atom stereocenters. The van der Waals surface area contributed by atoms with Gasteiger partial charge in [0.2, 0.25) is 5.91 Å². The Morgan fingerprint density at radius 3 is 3.00 bits per heavy atom. The Kier molecular flexibility index (Phi) is 4.30. The van der Waals surface area contributed by atoms with E-state index in [2.05, 4.69) is 10.4 Å². The number of anilines is 1. The zero-order chi connectivity index (χ0) is 13.7. The molecule has 100 valence electrons. The maximum absolute atomic E-state index is 11.0. The molecule has 0 bridgehead atoms. The van der Waals surface area contributed by atoms with Crippen molar-refractivity contribution < 1.29 is 9.53 Å². The molecule has 0 spiro atoms. The van der Waals surface area contributed by atoms with Crippen LogP contribution in [0.15, 0.2) is 36.7 Å². The summed E-state index contributed by atoms with van der Waals surface area (Å²) in [5, 5.41) is 7.04. The quantitative estimate of drug-likeness (QED) is 0.895. The van der Waals surface area contributed by atoms with E-state index in [-0.39, 0.29) is 5.91 Å². The minimum Gasteiger partial charge on any atom is -0.383 e. The lowest BCUT2D eigenvalue weighted by molar-refractivity contribution is -0.114. The highest BCUT2D eigenvalue weighted by molar-refractivity contribution is 5.89. The number of rotatable bonds is 5. The van der Waals surface area contributed by atoms with E-state index in [0.29, 0.717) is 6.61 Å². The van der Waals surface area contributed by atoms with Crippen LogP contribution < -0.4 is 5.32 Å². The number of methoxy groups -OCH3 is 1.